The van der Waals surface area contributed by atoms with Crippen molar-refractivity contribution < 1.29 is 16.8 Å². The van der Waals surface area contributed by atoms with E-state index < -0.39 is 20.0 Å². The Morgan fingerprint density at radius 2 is 1.55 bits per heavy atom. The van der Waals surface area contributed by atoms with Crippen molar-refractivity contribution in [3.8, 4) is 0 Å². The number of sulfonamides is 2. The van der Waals surface area contributed by atoms with Gasteiger partial charge in [-0.25, -0.2) is 21.6 Å². The Morgan fingerprint density at radius 1 is 0.879 bits per heavy atom. The first kappa shape index (κ1) is 23.5. The van der Waals surface area contributed by atoms with E-state index in [1.807, 2.05) is 0 Å². The summed E-state index contributed by atoms with van der Waals surface area (Å²) in [6.45, 7) is 1.72. The summed E-state index contributed by atoms with van der Waals surface area (Å²) in [5.74, 6) is 0. The molecular formula is C20H17Cl2N5O4S2. The molecule has 0 saturated carbocycles. The first-order valence-electron chi connectivity index (χ1n) is 9.42. The summed E-state index contributed by atoms with van der Waals surface area (Å²) in [5.41, 5.74) is 1.84. The summed E-state index contributed by atoms with van der Waals surface area (Å²) in [7, 11) is -7.91. The van der Waals surface area contributed by atoms with Gasteiger partial charge < -0.3 is 4.98 Å². The third kappa shape index (κ3) is 4.97. The zero-order chi connectivity index (χ0) is 23.8. The van der Waals surface area contributed by atoms with Crippen molar-refractivity contribution >= 4 is 59.8 Å². The summed E-state index contributed by atoms with van der Waals surface area (Å²) < 4.78 is 55.7. The molecule has 4 rings (SSSR count). The van der Waals surface area contributed by atoms with Gasteiger partial charge in [-0.05, 0) is 43.3 Å². The molecule has 33 heavy (non-hydrogen) atoms. The number of aryl methyl sites for hydroxylation is 1. The zero-order valence-electron chi connectivity index (χ0n) is 17.0. The Balaban J connectivity index is 1.53. The summed E-state index contributed by atoms with van der Waals surface area (Å²) in [6, 6.07) is 7.86. The number of nitrogens with one attached hydrogen (secondary N) is 3. The zero-order valence-corrected chi connectivity index (χ0v) is 20.1. The fraction of sp³-hybridized carbons (Fsp3) is 0.100. The SMILES string of the molecule is Cc1cnc(CNS(=O)(=O)c2ccc(S(=O)(=O)Nc3ccc(Cl)c4c(Cl)c[nH]c34)cc2)cn1. The predicted molar refractivity (Wildman–Crippen MR) is 126 cm³/mol. The van der Waals surface area contributed by atoms with Gasteiger partial charge in [0.05, 0.1) is 55.2 Å². The maximum absolute atomic E-state index is 12.9. The molecule has 2 aromatic heterocycles. The van der Waals surface area contributed by atoms with Crippen LogP contribution in [0, 0.1) is 6.92 Å². The van der Waals surface area contributed by atoms with Crippen LogP contribution in [0.25, 0.3) is 10.9 Å². The molecule has 4 aromatic rings. The number of benzene rings is 2. The van der Waals surface area contributed by atoms with Crippen LogP contribution >= 0.6 is 23.2 Å². The normalized spacial score (nSPS) is 12.2. The van der Waals surface area contributed by atoms with Crippen LogP contribution in [0.4, 0.5) is 5.69 Å². The minimum atomic E-state index is -4.02. The molecule has 2 heterocycles. The molecule has 172 valence electrons. The third-order valence-electron chi connectivity index (χ3n) is 4.70. The summed E-state index contributed by atoms with van der Waals surface area (Å²) in [6.07, 6.45) is 4.51. The molecule has 0 amide bonds. The van der Waals surface area contributed by atoms with Crippen LogP contribution in [0.15, 0.2) is 64.8 Å². The second kappa shape index (κ2) is 8.92. The van der Waals surface area contributed by atoms with E-state index in [2.05, 4.69) is 24.4 Å². The van der Waals surface area contributed by atoms with Gasteiger partial charge in [0.15, 0.2) is 0 Å². The maximum Gasteiger partial charge on any atom is 0.261 e. The highest BCUT2D eigenvalue weighted by atomic mass is 35.5. The van der Waals surface area contributed by atoms with Gasteiger partial charge in [-0.3, -0.25) is 14.7 Å². The largest absolute Gasteiger partial charge is 0.358 e. The van der Waals surface area contributed by atoms with E-state index in [0.29, 0.717) is 32.3 Å². The third-order valence-corrected chi connectivity index (χ3v) is 8.11. The molecule has 3 N–H and O–H groups in total. The molecular weight excluding hydrogens is 509 g/mol. The lowest BCUT2D eigenvalue weighted by molar-refractivity contribution is 0.579. The van der Waals surface area contributed by atoms with Crippen molar-refractivity contribution in [2.45, 2.75) is 23.3 Å². The van der Waals surface area contributed by atoms with Crippen molar-refractivity contribution in [3.05, 3.63) is 76.4 Å². The molecule has 0 bridgehead atoms. The highest BCUT2D eigenvalue weighted by Crippen LogP contribution is 2.35. The van der Waals surface area contributed by atoms with E-state index in [-0.39, 0.29) is 22.0 Å². The number of aromatic amines is 1. The number of halogens is 2. The Labute approximate surface area is 200 Å². The number of hydrogen-bond donors (Lipinski definition) is 3. The Morgan fingerprint density at radius 3 is 2.18 bits per heavy atom. The minimum absolute atomic E-state index is 0.0531. The van der Waals surface area contributed by atoms with E-state index in [0.717, 1.165) is 0 Å². The van der Waals surface area contributed by atoms with Gasteiger partial charge in [0, 0.05) is 17.8 Å². The number of rotatable bonds is 7. The lowest BCUT2D eigenvalue weighted by Crippen LogP contribution is -2.24. The van der Waals surface area contributed by atoms with Gasteiger partial charge >= 0.3 is 0 Å². The highest BCUT2D eigenvalue weighted by molar-refractivity contribution is 7.92. The minimum Gasteiger partial charge on any atom is -0.358 e. The molecule has 0 fully saturated rings. The average Bonchev–Trinajstić information content (AvgIpc) is 3.18. The van der Waals surface area contributed by atoms with Crippen molar-refractivity contribution in [3.63, 3.8) is 0 Å². The van der Waals surface area contributed by atoms with Crippen LogP contribution in [0.3, 0.4) is 0 Å². The van der Waals surface area contributed by atoms with Crippen molar-refractivity contribution in [1.82, 2.24) is 19.7 Å². The lowest BCUT2D eigenvalue weighted by atomic mass is 10.2. The second-order valence-electron chi connectivity index (χ2n) is 7.03. The van der Waals surface area contributed by atoms with Crippen LogP contribution < -0.4 is 9.44 Å². The predicted octanol–water partition coefficient (Wildman–Crippen LogP) is 3.85. The van der Waals surface area contributed by atoms with E-state index in [4.69, 9.17) is 23.2 Å². The van der Waals surface area contributed by atoms with Crippen molar-refractivity contribution in [2.75, 3.05) is 4.72 Å². The maximum atomic E-state index is 12.9. The molecule has 0 aliphatic rings. The molecule has 0 aliphatic carbocycles. The molecule has 0 aliphatic heterocycles. The smallest absolute Gasteiger partial charge is 0.261 e. The lowest BCUT2D eigenvalue weighted by Gasteiger charge is -2.11. The van der Waals surface area contributed by atoms with Crippen LogP contribution in [0.2, 0.25) is 10.0 Å². The van der Waals surface area contributed by atoms with Gasteiger partial charge in [-0.2, -0.15) is 0 Å². The fourth-order valence-corrected chi connectivity index (χ4v) is 5.65. The number of H-pyrrole nitrogens is 1. The number of nitrogens with zero attached hydrogens (tertiary/aromatic N) is 2. The van der Waals surface area contributed by atoms with E-state index in [1.165, 1.54) is 55.0 Å². The topological polar surface area (TPSA) is 134 Å². The number of hydrogen-bond acceptors (Lipinski definition) is 6. The highest BCUT2D eigenvalue weighted by Gasteiger charge is 2.20. The van der Waals surface area contributed by atoms with Crippen molar-refractivity contribution in [2.24, 2.45) is 0 Å². The average molecular weight is 526 g/mol. The van der Waals surface area contributed by atoms with Gasteiger partial charge in [0.25, 0.3) is 10.0 Å². The second-order valence-corrected chi connectivity index (χ2v) is 11.3. The molecule has 13 heteroatoms. The van der Waals surface area contributed by atoms with Crippen LogP contribution in [-0.4, -0.2) is 31.8 Å². The number of fused-ring (bicyclic) bond motifs is 1. The quantitative estimate of drug-likeness (QED) is 0.335. The Hall–Kier alpha value is -2.70. The van der Waals surface area contributed by atoms with Crippen LogP contribution in [0.1, 0.15) is 11.4 Å². The monoisotopic (exact) mass is 525 g/mol. The molecule has 0 unspecified atom stereocenters. The first-order valence-corrected chi connectivity index (χ1v) is 13.1. The number of anilines is 1. The molecule has 0 atom stereocenters. The molecule has 0 spiro atoms. The van der Waals surface area contributed by atoms with Crippen molar-refractivity contribution in [1.29, 1.82) is 0 Å². The first-order chi connectivity index (χ1) is 15.6. The van der Waals surface area contributed by atoms with Gasteiger partial charge in [-0.15, -0.1) is 0 Å². The standard InChI is InChI=1S/C20H17Cl2N5O4S2/c1-12-8-24-13(9-23-12)10-26-32(28,29)14-2-4-15(5-3-14)33(30,31)27-18-7-6-16(21)19-17(22)11-25-20(18)19/h2-9,11,25-27H,10H2,1H3. The summed E-state index contributed by atoms with van der Waals surface area (Å²) in [4.78, 5) is 10.8. The Kier molecular flexibility index (Phi) is 6.34. The van der Waals surface area contributed by atoms with E-state index in [1.54, 1.807) is 6.92 Å². The number of aromatic nitrogens is 3. The molecule has 2 aromatic carbocycles. The Bertz CT molecular complexity index is 1540. The molecule has 0 saturated heterocycles. The molecule has 0 radical (unpaired) electrons. The van der Waals surface area contributed by atoms with Crippen LogP contribution in [-0.2, 0) is 26.6 Å². The van der Waals surface area contributed by atoms with Crippen LogP contribution in [0.5, 0.6) is 0 Å². The summed E-state index contributed by atoms with van der Waals surface area (Å²) >= 11 is 12.3. The van der Waals surface area contributed by atoms with Gasteiger partial charge in [-0.1, -0.05) is 23.2 Å². The van der Waals surface area contributed by atoms with Gasteiger partial charge in [0.2, 0.25) is 10.0 Å². The van der Waals surface area contributed by atoms with Gasteiger partial charge in [0.1, 0.15) is 0 Å². The fourth-order valence-electron chi connectivity index (χ4n) is 3.02. The summed E-state index contributed by atoms with van der Waals surface area (Å²) in [5, 5.41) is 1.22. The van der Waals surface area contributed by atoms with E-state index in [9.17, 15) is 16.8 Å². The van der Waals surface area contributed by atoms with E-state index >= 15 is 0 Å². The molecule has 9 nitrogen and oxygen atoms in total.